The number of rotatable bonds is 4. The molecule has 1 saturated heterocycles. The Hall–Kier alpha value is -1.79. The van der Waals surface area contributed by atoms with E-state index in [-0.39, 0.29) is 6.54 Å². The molecule has 6 heteroatoms. The van der Waals surface area contributed by atoms with Crippen LogP contribution in [0.1, 0.15) is 11.7 Å². The summed E-state index contributed by atoms with van der Waals surface area (Å²) >= 11 is 0. The van der Waals surface area contributed by atoms with Crippen LogP contribution in [0.15, 0.2) is 24.3 Å². The van der Waals surface area contributed by atoms with E-state index in [0.29, 0.717) is 0 Å². The molecule has 0 bridgehead atoms. The summed E-state index contributed by atoms with van der Waals surface area (Å²) in [5.74, 6) is 0. The van der Waals surface area contributed by atoms with Crippen molar-refractivity contribution in [2.45, 2.75) is 6.10 Å². The molecule has 1 aromatic rings. The number of benzene rings is 1. The van der Waals surface area contributed by atoms with Crippen LogP contribution in [0.2, 0.25) is 0 Å². The Kier molecular flexibility index (Phi) is 4.81. The fourth-order valence-electron chi connectivity index (χ4n) is 2.17. The van der Waals surface area contributed by atoms with Crippen LogP contribution in [0, 0.1) is 0 Å². The van der Waals surface area contributed by atoms with E-state index in [4.69, 9.17) is 9.84 Å². The van der Waals surface area contributed by atoms with E-state index in [0.717, 1.165) is 42.5 Å². The minimum absolute atomic E-state index is 0.0617. The third-order valence-electron chi connectivity index (χ3n) is 3.43. The maximum Gasteiger partial charge on any atom is 0.407 e. The third kappa shape index (κ3) is 3.61. The van der Waals surface area contributed by atoms with Crippen LogP contribution in [-0.2, 0) is 4.74 Å². The van der Waals surface area contributed by atoms with Gasteiger partial charge in [0.05, 0.1) is 25.9 Å². The van der Waals surface area contributed by atoms with Crippen molar-refractivity contribution in [3.63, 3.8) is 0 Å². The highest BCUT2D eigenvalue weighted by atomic mass is 16.5. The van der Waals surface area contributed by atoms with Crippen molar-refractivity contribution < 1.29 is 19.7 Å². The Morgan fingerprint density at radius 3 is 2.50 bits per heavy atom. The zero-order valence-electron chi connectivity index (χ0n) is 11.5. The molecule has 110 valence electrons. The average Bonchev–Trinajstić information content (AvgIpc) is 2.48. The highest BCUT2D eigenvalue weighted by molar-refractivity contribution is 5.64. The Morgan fingerprint density at radius 2 is 1.95 bits per heavy atom. The van der Waals surface area contributed by atoms with Gasteiger partial charge in [0.2, 0.25) is 0 Å². The molecule has 1 atom stereocenters. The minimum Gasteiger partial charge on any atom is -0.465 e. The topological polar surface area (TPSA) is 73.2 Å². The molecule has 1 unspecified atom stereocenters. The van der Waals surface area contributed by atoms with Gasteiger partial charge in [0, 0.05) is 25.8 Å². The lowest BCUT2D eigenvalue weighted by molar-refractivity contribution is 0.108. The number of carboxylic acid groups (broad SMARTS) is 1. The van der Waals surface area contributed by atoms with E-state index in [1.807, 2.05) is 24.3 Å². The minimum atomic E-state index is -1.05. The Bertz CT molecular complexity index is 443. The third-order valence-corrected chi connectivity index (χ3v) is 3.43. The Labute approximate surface area is 118 Å². The molecule has 0 saturated carbocycles. The number of anilines is 1. The molecule has 1 aromatic carbocycles. The summed E-state index contributed by atoms with van der Waals surface area (Å²) in [7, 11) is 1.44. The predicted molar refractivity (Wildman–Crippen MR) is 75.1 cm³/mol. The number of nitrogens with zero attached hydrogens (tertiary/aromatic N) is 2. The lowest BCUT2D eigenvalue weighted by Gasteiger charge is -2.29. The van der Waals surface area contributed by atoms with Gasteiger partial charge in [-0.1, -0.05) is 12.1 Å². The smallest absolute Gasteiger partial charge is 0.407 e. The Morgan fingerprint density at radius 1 is 1.35 bits per heavy atom. The van der Waals surface area contributed by atoms with Crippen LogP contribution in [0.3, 0.4) is 0 Å². The molecule has 0 radical (unpaired) electrons. The van der Waals surface area contributed by atoms with E-state index in [2.05, 4.69) is 4.90 Å². The fourth-order valence-corrected chi connectivity index (χ4v) is 2.17. The van der Waals surface area contributed by atoms with Crippen molar-refractivity contribution >= 4 is 11.8 Å². The molecule has 1 aliphatic rings. The van der Waals surface area contributed by atoms with Crippen LogP contribution < -0.4 is 4.90 Å². The number of likely N-dealkylation sites (N-methyl/N-ethyl adjacent to an activating group) is 1. The molecule has 1 amide bonds. The number of aliphatic hydroxyl groups is 1. The second-order valence-electron chi connectivity index (χ2n) is 4.87. The molecule has 1 fully saturated rings. The van der Waals surface area contributed by atoms with Gasteiger partial charge in [-0.25, -0.2) is 4.79 Å². The first-order chi connectivity index (χ1) is 9.58. The summed E-state index contributed by atoms with van der Waals surface area (Å²) in [6, 6.07) is 7.57. The molecule has 0 aromatic heterocycles. The number of aliphatic hydroxyl groups excluding tert-OH is 1. The van der Waals surface area contributed by atoms with Gasteiger partial charge in [0.15, 0.2) is 0 Å². The summed E-state index contributed by atoms with van der Waals surface area (Å²) in [4.78, 5) is 14.0. The van der Waals surface area contributed by atoms with Crippen LogP contribution >= 0.6 is 0 Å². The van der Waals surface area contributed by atoms with E-state index in [9.17, 15) is 9.90 Å². The second kappa shape index (κ2) is 6.58. The molecule has 0 spiro atoms. The van der Waals surface area contributed by atoms with Crippen LogP contribution in [-0.4, -0.2) is 61.1 Å². The van der Waals surface area contributed by atoms with Gasteiger partial charge in [0.1, 0.15) is 0 Å². The molecule has 0 aliphatic carbocycles. The largest absolute Gasteiger partial charge is 0.465 e. The van der Waals surface area contributed by atoms with Crippen molar-refractivity contribution in [2.24, 2.45) is 0 Å². The van der Waals surface area contributed by atoms with Gasteiger partial charge in [-0.15, -0.1) is 0 Å². The van der Waals surface area contributed by atoms with Gasteiger partial charge in [-0.05, 0) is 17.7 Å². The summed E-state index contributed by atoms with van der Waals surface area (Å²) in [5.41, 5.74) is 1.81. The van der Waals surface area contributed by atoms with E-state index < -0.39 is 12.2 Å². The van der Waals surface area contributed by atoms with Crippen LogP contribution in [0.4, 0.5) is 10.5 Å². The van der Waals surface area contributed by atoms with E-state index in [1.165, 1.54) is 7.05 Å². The molecule has 6 nitrogen and oxygen atoms in total. The average molecular weight is 280 g/mol. The maximum atomic E-state index is 10.7. The summed E-state index contributed by atoms with van der Waals surface area (Å²) in [6.07, 6.45) is -1.86. The molecular weight excluding hydrogens is 260 g/mol. The number of carbonyl (C=O) groups is 1. The van der Waals surface area contributed by atoms with Crippen LogP contribution in [0.5, 0.6) is 0 Å². The zero-order valence-corrected chi connectivity index (χ0v) is 11.5. The van der Waals surface area contributed by atoms with E-state index in [1.54, 1.807) is 0 Å². The molecular formula is C14H20N2O4. The van der Waals surface area contributed by atoms with Crippen molar-refractivity contribution in [3.8, 4) is 0 Å². The number of hydrogen-bond donors (Lipinski definition) is 2. The first-order valence-electron chi connectivity index (χ1n) is 6.62. The standard InChI is InChI=1S/C14H20N2O4/c1-15(14(18)19)10-13(17)11-2-4-12(5-3-11)16-6-8-20-9-7-16/h2-5,13,17H,6-10H2,1H3,(H,18,19). The highest BCUT2D eigenvalue weighted by Gasteiger charge is 2.15. The molecule has 1 heterocycles. The Balaban J connectivity index is 1.98. The van der Waals surface area contributed by atoms with Crippen molar-refractivity contribution in [2.75, 3.05) is 44.8 Å². The molecule has 2 rings (SSSR count). The highest BCUT2D eigenvalue weighted by Crippen LogP contribution is 2.20. The normalized spacial score (nSPS) is 16.8. The SMILES string of the molecule is CN(CC(O)c1ccc(N2CCOCC2)cc1)C(=O)O. The number of morpholine rings is 1. The summed E-state index contributed by atoms with van der Waals surface area (Å²) in [5, 5.41) is 18.8. The lowest BCUT2D eigenvalue weighted by Crippen LogP contribution is -2.36. The first kappa shape index (κ1) is 14.6. The summed E-state index contributed by atoms with van der Waals surface area (Å²) < 4.78 is 5.31. The number of amides is 1. The fraction of sp³-hybridized carbons (Fsp3) is 0.500. The number of ether oxygens (including phenoxy) is 1. The van der Waals surface area contributed by atoms with E-state index >= 15 is 0 Å². The van der Waals surface area contributed by atoms with Crippen molar-refractivity contribution in [3.05, 3.63) is 29.8 Å². The van der Waals surface area contributed by atoms with Gasteiger partial charge < -0.3 is 24.7 Å². The van der Waals surface area contributed by atoms with Gasteiger partial charge in [0.25, 0.3) is 0 Å². The zero-order chi connectivity index (χ0) is 14.5. The second-order valence-corrected chi connectivity index (χ2v) is 4.87. The molecule has 20 heavy (non-hydrogen) atoms. The first-order valence-corrected chi connectivity index (χ1v) is 6.62. The molecule has 2 N–H and O–H groups in total. The van der Waals surface area contributed by atoms with Gasteiger partial charge >= 0.3 is 6.09 Å². The molecule has 1 aliphatic heterocycles. The maximum absolute atomic E-state index is 10.7. The van der Waals surface area contributed by atoms with Crippen molar-refractivity contribution in [1.82, 2.24) is 4.90 Å². The van der Waals surface area contributed by atoms with Gasteiger partial charge in [-0.3, -0.25) is 0 Å². The summed E-state index contributed by atoms with van der Waals surface area (Å²) in [6.45, 7) is 3.25. The quantitative estimate of drug-likeness (QED) is 0.866. The monoisotopic (exact) mass is 280 g/mol. The predicted octanol–water partition coefficient (Wildman–Crippen LogP) is 1.17. The van der Waals surface area contributed by atoms with Crippen LogP contribution in [0.25, 0.3) is 0 Å². The van der Waals surface area contributed by atoms with Gasteiger partial charge in [-0.2, -0.15) is 0 Å². The lowest BCUT2D eigenvalue weighted by atomic mass is 10.1. The number of hydrogen-bond acceptors (Lipinski definition) is 4. The van der Waals surface area contributed by atoms with Crippen molar-refractivity contribution in [1.29, 1.82) is 0 Å².